The van der Waals surface area contributed by atoms with Gasteiger partial charge in [0.05, 0.1) is 11.1 Å². The first-order valence-corrected chi connectivity index (χ1v) is 8.34. The molecule has 0 spiro atoms. The van der Waals surface area contributed by atoms with E-state index in [9.17, 15) is 9.59 Å². The average molecular weight is 326 g/mol. The lowest BCUT2D eigenvalue weighted by Gasteiger charge is -2.06. The lowest BCUT2D eigenvalue weighted by atomic mass is 10.0. The van der Waals surface area contributed by atoms with Crippen LogP contribution < -0.4 is 10.7 Å². The van der Waals surface area contributed by atoms with Crippen LogP contribution in [0.4, 0.5) is 5.13 Å². The molecule has 1 aliphatic carbocycles. The fourth-order valence-electron chi connectivity index (χ4n) is 2.80. The van der Waals surface area contributed by atoms with Crippen LogP contribution in [0.3, 0.4) is 0 Å². The Labute approximate surface area is 136 Å². The van der Waals surface area contributed by atoms with Crippen molar-refractivity contribution < 1.29 is 9.21 Å². The van der Waals surface area contributed by atoms with Gasteiger partial charge in [-0.1, -0.05) is 12.1 Å². The predicted molar refractivity (Wildman–Crippen MR) is 89.2 cm³/mol. The molecule has 116 valence electrons. The number of rotatable bonds is 2. The fraction of sp³-hybridized carbons (Fsp3) is 0.235. The Balaban J connectivity index is 1.65. The van der Waals surface area contributed by atoms with Crippen LogP contribution in [-0.4, -0.2) is 10.9 Å². The normalized spacial score (nSPS) is 13.7. The van der Waals surface area contributed by atoms with E-state index in [2.05, 4.69) is 10.3 Å². The van der Waals surface area contributed by atoms with Crippen LogP contribution in [0.25, 0.3) is 11.0 Å². The van der Waals surface area contributed by atoms with Gasteiger partial charge in [-0.05, 0) is 37.8 Å². The van der Waals surface area contributed by atoms with Crippen molar-refractivity contribution in [2.24, 2.45) is 0 Å². The molecule has 3 aromatic rings. The van der Waals surface area contributed by atoms with Crippen molar-refractivity contribution in [3.63, 3.8) is 0 Å². The monoisotopic (exact) mass is 326 g/mol. The molecule has 0 unspecified atom stereocenters. The van der Waals surface area contributed by atoms with Crippen molar-refractivity contribution in [1.29, 1.82) is 0 Å². The van der Waals surface area contributed by atoms with E-state index in [-0.39, 0.29) is 11.0 Å². The smallest absolute Gasteiger partial charge is 0.264 e. The van der Waals surface area contributed by atoms with Gasteiger partial charge in [-0.15, -0.1) is 11.3 Å². The molecule has 0 fully saturated rings. The second kappa shape index (κ2) is 5.62. The summed E-state index contributed by atoms with van der Waals surface area (Å²) in [5.41, 5.74) is 1.21. The predicted octanol–water partition coefficient (Wildman–Crippen LogP) is 3.38. The van der Waals surface area contributed by atoms with Crippen LogP contribution in [0.1, 0.15) is 33.8 Å². The van der Waals surface area contributed by atoms with Crippen LogP contribution in [0.2, 0.25) is 0 Å². The van der Waals surface area contributed by atoms with Gasteiger partial charge < -0.3 is 4.42 Å². The Hall–Kier alpha value is -2.47. The van der Waals surface area contributed by atoms with E-state index in [1.54, 1.807) is 24.3 Å². The van der Waals surface area contributed by atoms with Crippen LogP contribution in [0, 0.1) is 0 Å². The maximum atomic E-state index is 12.4. The highest BCUT2D eigenvalue weighted by Crippen LogP contribution is 2.29. The third-order valence-electron chi connectivity index (χ3n) is 3.99. The SMILES string of the molecule is O=C(Nc1nc2c(s1)CCCC2)c1coc2ccccc2c1=O. The summed E-state index contributed by atoms with van der Waals surface area (Å²) in [4.78, 5) is 30.5. The maximum absolute atomic E-state index is 12.4. The van der Waals surface area contributed by atoms with Gasteiger partial charge in [0, 0.05) is 4.88 Å². The fourth-order valence-corrected chi connectivity index (χ4v) is 3.85. The molecule has 0 bridgehead atoms. The number of para-hydroxylation sites is 1. The Bertz CT molecular complexity index is 934. The highest BCUT2D eigenvalue weighted by Gasteiger charge is 2.19. The molecule has 0 atom stereocenters. The van der Waals surface area contributed by atoms with Gasteiger partial charge in [0.1, 0.15) is 17.4 Å². The minimum Gasteiger partial charge on any atom is -0.463 e. The highest BCUT2D eigenvalue weighted by molar-refractivity contribution is 7.15. The second-order valence-electron chi connectivity index (χ2n) is 5.52. The first-order chi connectivity index (χ1) is 11.2. The topological polar surface area (TPSA) is 72.2 Å². The van der Waals surface area contributed by atoms with E-state index < -0.39 is 5.91 Å². The van der Waals surface area contributed by atoms with E-state index >= 15 is 0 Å². The second-order valence-corrected chi connectivity index (χ2v) is 6.61. The summed E-state index contributed by atoms with van der Waals surface area (Å²) in [6, 6.07) is 6.88. The molecule has 2 heterocycles. The molecule has 0 aliphatic heterocycles. The van der Waals surface area contributed by atoms with E-state index in [1.165, 1.54) is 22.5 Å². The molecule has 0 saturated carbocycles. The molecule has 4 rings (SSSR count). The lowest BCUT2D eigenvalue weighted by Crippen LogP contribution is -2.21. The first kappa shape index (κ1) is 14.1. The van der Waals surface area contributed by atoms with Crippen molar-refractivity contribution in [3.8, 4) is 0 Å². The molecular formula is C17H14N2O3S. The largest absolute Gasteiger partial charge is 0.463 e. The van der Waals surface area contributed by atoms with Crippen LogP contribution >= 0.6 is 11.3 Å². The zero-order valence-corrected chi connectivity index (χ0v) is 13.1. The van der Waals surface area contributed by atoms with E-state index in [1.807, 2.05) is 0 Å². The minimum atomic E-state index is -0.476. The summed E-state index contributed by atoms with van der Waals surface area (Å²) in [7, 11) is 0. The van der Waals surface area contributed by atoms with Crippen LogP contribution in [-0.2, 0) is 12.8 Å². The minimum absolute atomic E-state index is 0.00290. The Morgan fingerprint density at radius 2 is 2.04 bits per heavy atom. The first-order valence-electron chi connectivity index (χ1n) is 7.53. The number of nitrogens with one attached hydrogen (secondary N) is 1. The van der Waals surface area contributed by atoms with Gasteiger partial charge in [0.15, 0.2) is 5.13 Å². The number of thiazole rings is 1. The van der Waals surface area contributed by atoms with Gasteiger partial charge in [0.2, 0.25) is 5.43 Å². The van der Waals surface area contributed by atoms with Gasteiger partial charge in [0.25, 0.3) is 5.91 Å². The number of hydrogen-bond donors (Lipinski definition) is 1. The third-order valence-corrected chi connectivity index (χ3v) is 5.06. The number of aryl methyl sites for hydroxylation is 2. The molecule has 0 radical (unpaired) electrons. The summed E-state index contributed by atoms with van der Waals surface area (Å²) in [5, 5.41) is 3.68. The molecular weight excluding hydrogens is 312 g/mol. The van der Waals surface area contributed by atoms with Crippen molar-refractivity contribution in [2.45, 2.75) is 25.7 Å². The number of hydrogen-bond acceptors (Lipinski definition) is 5. The highest BCUT2D eigenvalue weighted by atomic mass is 32.1. The Morgan fingerprint density at radius 1 is 1.22 bits per heavy atom. The van der Waals surface area contributed by atoms with Crippen LogP contribution in [0.5, 0.6) is 0 Å². The molecule has 6 heteroatoms. The summed E-state index contributed by atoms with van der Waals surface area (Å²) in [5.74, 6) is -0.476. The number of benzene rings is 1. The van der Waals surface area contributed by atoms with Gasteiger partial charge >= 0.3 is 0 Å². The summed E-state index contributed by atoms with van der Waals surface area (Å²) in [6.07, 6.45) is 5.49. The number of fused-ring (bicyclic) bond motifs is 2. The Kier molecular flexibility index (Phi) is 3.46. The van der Waals surface area contributed by atoms with E-state index in [0.29, 0.717) is 16.1 Å². The molecule has 23 heavy (non-hydrogen) atoms. The molecule has 1 N–H and O–H groups in total. The number of anilines is 1. The lowest BCUT2D eigenvalue weighted by molar-refractivity contribution is 0.102. The number of carbonyl (C=O) groups excluding carboxylic acids is 1. The van der Waals surface area contributed by atoms with Gasteiger partial charge in [-0.2, -0.15) is 0 Å². The van der Waals surface area contributed by atoms with E-state index in [0.717, 1.165) is 31.4 Å². The van der Waals surface area contributed by atoms with Crippen molar-refractivity contribution in [3.05, 3.63) is 56.9 Å². The maximum Gasteiger partial charge on any atom is 0.264 e. The molecule has 1 aromatic carbocycles. The van der Waals surface area contributed by atoms with Gasteiger partial charge in [-0.3, -0.25) is 14.9 Å². The molecule has 1 aliphatic rings. The zero-order valence-electron chi connectivity index (χ0n) is 12.3. The number of carbonyl (C=O) groups is 1. The van der Waals surface area contributed by atoms with Gasteiger partial charge in [-0.25, -0.2) is 4.98 Å². The molecule has 0 saturated heterocycles. The summed E-state index contributed by atoms with van der Waals surface area (Å²) < 4.78 is 5.39. The Morgan fingerprint density at radius 3 is 2.91 bits per heavy atom. The number of amides is 1. The molecule has 1 amide bonds. The van der Waals surface area contributed by atoms with Crippen LogP contribution in [0.15, 0.2) is 39.7 Å². The average Bonchev–Trinajstić information content (AvgIpc) is 2.97. The van der Waals surface area contributed by atoms with Crippen molar-refractivity contribution in [1.82, 2.24) is 4.98 Å². The quantitative estimate of drug-likeness (QED) is 0.783. The number of aromatic nitrogens is 1. The van der Waals surface area contributed by atoms with Crippen molar-refractivity contribution >= 4 is 33.3 Å². The van der Waals surface area contributed by atoms with E-state index in [4.69, 9.17) is 4.42 Å². The molecule has 5 nitrogen and oxygen atoms in total. The molecule has 2 aromatic heterocycles. The standard InChI is InChI=1S/C17H14N2O3S/c20-15-10-5-1-3-7-13(10)22-9-11(15)16(21)19-17-18-12-6-2-4-8-14(12)23-17/h1,3,5,7,9H,2,4,6,8H2,(H,18,19,21). The van der Waals surface area contributed by atoms with Crippen molar-refractivity contribution in [2.75, 3.05) is 5.32 Å². The summed E-state index contributed by atoms with van der Waals surface area (Å²) in [6.45, 7) is 0. The third kappa shape index (κ3) is 2.55. The summed E-state index contributed by atoms with van der Waals surface area (Å²) >= 11 is 1.49. The number of nitrogens with zero attached hydrogens (tertiary/aromatic N) is 1. The zero-order chi connectivity index (χ0) is 15.8.